The highest BCUT2D eigenvalue weighted by molar-refractivity contribution is 6.39. The van der Waals surface area contributed by atoms with Gasteiger partial charge >= 0.3 is 6.03 Å². The minimum absolute atomic E-state index is 0.138. The summed E-state index contributed by atoms with van der Waals surface area (Å²) in [6.45, 7) is 1.86. The van der Waals surface area contributed by atoms with Crippen LogP contribution in [0.2, 0.25) is 0 Å². The summed E-state index contributed by atoms with van der Waals surface area (Å²) in [6.07, 6.45) is 1.48. The van der Waals surface area contributed by atoms with E-state index in [-0.39, 0.29) is 5.57 Å². The van der Waals surface area contributed by atoms with Gasteiger partial charge in [-0.05, 0) is 47.5 Å². The number of aryl methyl sites for hydroxylation is 1. The fourth-order valence-corrected chi connectivity index (χ4v) is 3.41. The lowest BCUT2D eigenvalue weighted by Gasteiger charge is -2.26. The summed E-state index contributed by atoms with van der Waals surface area (Å²) in [5, 5.41) is 4.02. The molecule has 6 heteroatoms. The molecule has 0 spiro atoms. The van der Waals surface area contributed by atoms with Crippen molar-refractivity contribution < 1.29 is 19.1 Å². The highest BCUT2D eigenvalue weighted by atomic mass is 16.5. The molecule has 0 unspecified atom stereocenters. The number of carbonyl (C=O) groups excluding carboxylic acids is 3. The Kier molecular flexibility index (Phi) is 4.60. The van der Waals surface area contributed by atoms with Crippen molar-refractivity contribution in [1.82, 2.24) is 5.32 Å². The van der Waals surface area contributed by atoms with Crippen molar-refractivity contribution in [2.24, 2.45) is 0 Å². The normalized spacial score (nSPS) is 15.7. The molecule has 144 valence electrons. The van der Waals surface area contributed by atoms with Gasteiger partial charge in [0.25, 0.3) is 11.8 Å². The van der Waals surface area contributed by atoms with Crippen LogP contribution < -0.4 is 15.0 Å². The Morgan fingerprint density at radius 1 is 0.966 bits per heavy atom. The van der Waals surface area contributed by atoms with Crippen LogP contribution in [-0.4, -0.2) is 25.0 Å². The van der Waals surface area contributed by atoms with Crippen LogP contribution >= 0.6 is 0 Å². The number of fused-ring (bicyclic) bond motifs is 1. The zero-order valence-corrected chi connectivity index (χ0v) is 15.9. The molecule has 0 bridgehead atoms. The van der Waals surface area contributed by atoms with Crippen molar-refractivity contribution in [3.05, 3.63) is 77.4 Å². The summed E-state index contributed by atoms with van der Waals surface area (Å²) < 4.78 is 5.45. The molecule has 1 N–H and O–H groups in total. The van der Waals surface area contributed by atoms with E-state index in [1.165, 1.54) is 13.2 Å². The molecular weight excluding hydrogens is 368 g/mol. The Labute approximate surface area is 167 Å². The average Bonchev–Trinajstić information content (AvgIpc) is 2.71. The van der Waals surface area contributed by atoms with Gasteiger partial charge in [-0.3, -0.25) is 14.9 Å². The van der Waals surface area contributed by atoms with Crippen molar-refractivity contribution in [3.8, 4) is 5.75 Å². The molecule has 3 aromatic carbocycles. The van der Waals surface area contributed by atoms with E-state index in [2.05, 4.69) is 5.32 Å². The number of carbonyl (C=O) groups is 3. The number of ether oxygens (including phenoxy) is 1. The molecular formula is C23H18N2O4. The second-order valence-electron chi connectivity index (χ2n) is 6.70. The van der Waals surface area contributed by atoms with E-state index in [1.807, 2.05) is 43.3 Å². The second kappa shape index (κ2) is 7.24. The van der Waals surface area contributed by atoms with Crippen LogP contribution in [0.5, 0.6) is 5.75 Å². The molecule has 1 heterocycles. The van der Waals surface area contributed by atoms with E-state index >= 15 is 0 Å². The maximum absolute atomic E-state index is 13.1. The second-order valence-corrected chi connectivity index (χ2v) is 6.70. The number of barbiturate groups is 1. The van der Waals surface area contributed by atoms with Gasteiger partial charge in [-0.1, -0.05) is 42.5 Å². The summed E-state index contributed by atoms with van der Waals surface area (Å²) in [5.41, 5.74) is 1.75. The molecule has 0 aliphatic carbocycles. The Hall–Kier alpha value is -3.93. The Morgan fingerprint density at radius 2 is 1.76 bits per heavy atom. The van der Waals surface area contributed by atoms with Gasteiger partial charge in [-0.2, -0.15) is 0 Å². The number of urea groups is 1. The molecule has 4 amide bonds. The largest absolute Gasteiger partial charge is 0.496 e. The molecule has 0 radical (unpaired) electrons. The number of nitrogens with one attached hydrogen (secondary N) is 1. The molecule has 0 atom stereocenters. The third-order valence-electron chi connectivity index (χ3n) is 4.80. The van der Waals surface area contributed by atoms with Crippen LogP contribution in [0.15, 0.2) is 66.2 Å². The summed E-state index contributed by atoms with van der Waals surface area (Å²) in [5.74, 6) is -0.894. The highest BCUT2D eigenvalue weighted by Gasteiger charge is 2.37. The van der Waals surface area contributed by atoms with Gasteiger partial charge in [0.15, 0.2) is 0 Å². The molecule has 3 aromatic rings. The van der Waals surface area contributed by atoms with Gasteiger partial charge in [0.1, 0.15) is 11.3 Å². The van der Waals surface area contributed by atoms with Crippen LogP contribution in [0, 0.1) is 6.92 Å². The predicted octanol–water partition coefficient (Wildman–Crippen LogP) is 3.82. The minimum Gasteiger partial charge on any atom is -0.496 e. The first-order chi connectivity index (χ1) is 14.0. The number of methoxy groups -OCH3 is 1. The number of imide groups is 2. The van der Waals surface area contributed by atoms with Crippen molar-refractivity contribution in [3.63, 3.8) is 0 Å². The maximum atomic E-state index is 13.1. The highest BCUT2D eigenvalue weighted by Crippen LogP contribution is 2.31. The molecule has 4 rings (SSSR count). The summed E-state index contributed by atoms with van der Waals surface area (Å²) >= 11 is 0. The maximum Gasteiger partial charge on any atom is 0.335 e. The third-order valence-corrected chi connectivity index (χ3v) is 4.80. The fraction of sp³-hybridized carbons (Fsp3) is 0.0870. The van der Waals surface area contributed by atoms with E-state index in [4.69, 9.17) is 4.74 Å². The number of hydrogen-bond acceptors (Lipinski definition) is 4. The van der Waals surface area contributed by atoms with Gasteiger partial charge in [0.2, 0.25) is 0 Å². The smallest absolute Gasteiger partial charge is 0.335 e. The number of anilines is 1. The average molecular weight is 386 g/mol. The van der Waals surface area contributed by atoms with Crippen LogP contribution in [0.25, 0.3) is 16.8 Å². The van der Waals surface area contributed by atoms with Crippen molar-refractivity contribution in [1.29, 1.82) is 0 Å². The molecule has 1 fully saturated rings. The van der Waals surface area contributed by atoms with Crippen molar-refractivity contribution in [2.75, 3.05) is 12.0 Å². The van der Waals surface area contributed by atoms with Gasteiger partial charge in [0, 0.05) is 5.56 Å². The Bertz CT molecular complexity index is 1200. The number of nitrogens with zero attached hydrogens (tertiary/aromatic N) is 1. The van der Waals surface area contributed by atoms with E-state index in [9.17, 15) is 14.4 Å². The molecule has 6 nitrogen and oxygen atoms in total. The molecule has 1 aliphatic heterocycles. The lowest BCUT2D eigenvalue weighted by molar-refractivity contribution is -0.122. The van der Waals surface area contributed by atoms with Crippen LogP contribution in [0.4, 0.5) is 10.5 Å². The van der Waals surface area contributed by atoms with E-state index < -0.39 is 17.8 Å². The lowest BCUT2D eigenvalue weighted by atomic mass is 9.99. The number of amides is 4. The topological polar surface area (TPSA) is 75.7 Å². The quantitative estimate of drug-likeness (QED) is 0.548. The summed E-state index contributed by atoms with van der Waals surface area (Å²) in [6, 6.07) is 17.5. The Morgan fingerprint density at radius 3 is 2.52 bits per heavy atom. The standard InChI is InChI=1S/C23H18N2O4/c1-14-6-5-8-16(12-14)25-22(27)19(21(26)24-23(25)28)13-18-17-9-4-3-7-15(17)10-11-20(18)29-2/h3-13H,1-2H3,(H,24,26,28)/b19-13-. The minimum atomic E-state index is -0.771. The van der Waals surface area contributed by atoms with Gasteiger partial charge < -0.3 is 4.74 Å². The molecule has 0 saturated carbocycles. The van der Waals surface area contributed by atoms with Crippen LogP contribution in [0.1, 0.15) is 11.1 Å². The van der Waals surface area contributed by atoms with Crippen LogP contribution in [-0.2, 0) is 9.59 Å². The summed E-state index contributed by atoms with van der Waals surface area (Å²) in [7, 11) is 1.53. The third kappa shape index (κ3) is 3.25. The monoisotopic (exact) mass is 386 g/mol. The molecule has 0 aromatic heterocycles. The first kappa shape index (κ1) is 18.4. The number of benzene rings is 3. The zero-order valence-electron chi connectivity index (χ0n) is 15.9. The van der Waals surface area contributed by atoms with E-state index in [1.54, 1.807) is 24.3 Å². The summed E-state index contributed by atoms with van der Waals surface area (Å²) in [4.78, 5) is 39.0. The molecule has 1 saturated heterocycles. The zero-order chi connectivity index (χ0) is 20.5. The van der Waals surface area contributed by atoms with E-state index in [0.29, 0.717) is 17.0 Å². The SMILES string of the molecule is COc1ccc2ccccc2c1/C=C1/C(=O)NC(=O)N(c2cccc(C)c2)C1=O. The van der Waals surface area contributed by atoms with Gasteiger partial charge in [-0.25, -0.2) is 9.69 Å². The lowest BCUT2D eigenvalue weighted by Crippen LogP contribution is -2.54. The molecule has 29 heavy (non-hydrogen) atoms. The predicted molar refractivity (Wildman–Crippen MR) is 111 cm³/mol. The van der Waals surface area contributed by atoms with Crippen molar-refractivity contribution in [2.45, 2.75) is 6.92 Å². The Balaban J connectivity index is 1.87. The van der Waals surface area contributed by atoms with Gasteiger partial charge in [-0.15, -0.1) is 0 Å². The molecule has 1 aliphatic rings. The van der Waals surface area contributed by atoms with Crippen LogP contribution in [0.3, 0.4) is 0 Å². The fourth-order valence-electron chi connectivity index (χ4n) is 3.41. The number of hydrogen-bond donors (Lipinski definition) is 1. The van der Waals surface area contributed by atoms with E-state index in [0.717, 1.165) is 21.2 Å². The van der Waals surface area contributed by atoms with Gasteiger partial charge in [0.05, 0.1) is 12.8 Å². The number of rotatable bonds is 3. The first-order valence-corrected chi connectivity index (χ1v) is 9.03. The first-order valence-electron chi connectivity index (χ1n) is 9.03. The van der Waals surface area contributed by atoms with Crippen molar-refractivity contribution >= 4 is 40.4 Å².